The largest absolute Gasteiger partial charge is 0.444 e. The van der Waals surface area contributed by atoms with E-state index in [4.69, 9.17) is 9.84 Å². The molecule has 1 amide bonds. The van der Waals surface area contributed by atoms with Crippen molar-refractivity contribution in [2.24, 2.45) is 5.92 Å². The Balaban J connectivity index is 2.56. The fourth-order valence-corrected chi connectivity index (χ4v) is 2.21. The fourth-order valence-electron chi connectivity index (χ4n) is 2.21. The van der Waals surface area contributed by atoms with Crippen LogP contribution in [0, 0.1) is 5.92 Å². The Morgan fingerprint density at radius 3 is 2.53 bits per heavy atom. The van der Waals surface area contributed by atoms with Crippen molar-refractivity contribution in [3.63, 3.8) is 0 Å². The number of rotatable bonds is 3. The summed E-state index contributed by atoms with van der Waals surface area (Å²) in [6.07, 6.45) is 1.57. The minimum Gasteiger partial charge on any atom is -0.444 e. The average Bonchev–Trinajstić information content (AvgIpc) is 2.59. The number of carbonyl (C=O) groups is 1. The third-order valence-corrected chi connectivity index (χ3v) is 3.04. The zero-order valence-electron chi connectivity index (χ0n) is 10.8. The molecule has 0 bridgehead atoms. The smallest absolute Gasteiger partial charge is 0.408 e. The highest BCUT2D eigenvalue weighted by atomic mass is 16.6. The molecule has 1 aliphatic rings. The standard InChI is InChI=1S/C12H23NO4/c1-11(2,3)17-10(16)13-12(8-15)5-4-9(6-12)7-14/h9,14-15H,4-8H2,1-3H3,(H,13,16)/t9-,12+/m1/s1. The molecule has 1 saturated carbocycles. The molecular weight excluding hydrogens is 222 g/mol. The first-order chi connectivity index (χ1) is 7.80. The highest BCUT2D eigenvalue weighted by Crippen LogP contribution is 2.34. The summed E-state index contributed by atoms with van der Waals surface area (Å²) in [5, 5.41) is 21.3. The molecule has 1 rings (SSSR count). The van der Waals surface area contributed by atoms with Gasteiger partial charge >= 0.3 is 6.09 Å². The molecule has 0 aromatic carbocycles. The molecule has 0 aromatic rings. The number of nitrogens with one attached hydrogen (secondary N) is 1. The summed E-state index contributed by atoms with van der Waals surface area (Å²) in [5.41, 5.74) is -1.18. The Morgan fingerprint density at radius 2 is 2.12 bits per heavy atom. The molecule has 3 N–H and O–H groups in total. The van der Waals surface area contributed by atoms with Crippen LogP contribution in [0.3, 0.4) is 0 Å². The lowest BCUT2D eigenvalue weighted by molar-refractivity contribution is 0.0395. The number of hydrogen-bond acceptors (Lipinski definition) is 4. The summed E-state index contributed by atoms with van der Waals surface area (Å²) in [4.78, 5) is 11.7. The van der Waals surface area contributed by atoms with Gasteiger partial charge in [0.2, 0.25) is 0 Å². The zero-order valence-corrected chi connectivity index (χ0v) is 10.8. The van der Waals surface area contributed by atoms with E-state index in [-0.39, 0.29) is 19.1 Å². The Kier molecular flexibility index (Phi) is 4.38. The van der Waals surface area contributed by atoms with Crippen molar-refractivity contribution in [3.05, 3.63) is 0 Å². The monoisotopic (exact) mass is 245 g/mol. The second-order valence-electron chi connectivity index (χ2n) is 5.86. The van der Waals surface area contributed by atoms with Crippen molar-refractivity contribution in [2.45, 2.75) is 51.2 Å². The van der Waals surface area contributed by atoms with Gasteiger partial charge in [-0.15, -0.1) is 0 Å². The lowest BCUT2D eigenvalue weighted by Crippen LogP contribution is -2.51. The molecule has 0 aromatic heterocycles. The van der Waals surface area contributed by atoms with Gasteiger partial charge in [-0.25, -0.2) is 4.79 Å². The van der Waals surface area contributed by atoms with Gasteiger partial charge in [0.05, 0.1) is 12.1 Å². The van der Waals surface area contributed by atoms with Crippen molar-refractivity contribution in [2.75, 3.05) is 13.2 Å². The number of aliphatic hydroxyl groups is 2. The van der Waals surface area contributed by atoms with Crippen LogP contribution in [-0.4, -0.2) is 40.7 Å². The summed E-state index contributed by atoms with van der Waals surface area (Å²) in [5.74, 6) is 0.150. The Bertz CT molecular complexity index is 274. The number of alkyl carbamates (subject to hydrolysis) is 1. The van der Waals surface area contributed by atoms with Gasteiger partial charge in [0.15, 0.2) is 0 Å². The molecule has 0 radical (unpaired) electrons. The van der Waals surface area contributed by atoms with E-state index in [1.54, 1.807) is 20.8 Å². The normalized spacial score (nSPS) is 29.1. The predicted octanol–water partition coefficient (Wildman–Crippen LogP) is 1.03. The van der Waals surface area contributed by atoms with Crippen LogP contribution in [-0.2, 0) is 4.74 Å². The summed E-state index contributed by atoms with van der Waals surface area (Å²) in [6, 6.07) is 0. The highest BCUT2D eigenvalue weighted by Gasteiger charge is 2.40. The third-order valence-electron chi connectivity index (χ3n) is 3.04. The average molecular weight is 245 g/mol. The van der Waals surface area contributed by atoms with E-state index in [0.29, 0.717) is 12.8 Å². The van der Waals surface area contributed by atoms with Crippen molar-refractivity contribution in [1.29, 1.82) is 0 Å². The minimum absolute atomic E-state index is 0.0950. The lowest BCUT2D eigenvalue weighted by Gasteiger charge is -2.30. The fraction of sp³-hybridized carbons (Fsp3) is 0.917. The molecule has 1 aliphatic carbocycles. The van der Waals surface area contributed by atoms with Gasteiger partial charge in [0.1, 0.15) is 5.60 Å². The molecule has 5 heteroatoms. The lowest BCUT2D eigenvalue weighted by atomic mass is 9.97. The van der Waals surface area contributed by atoms with Crippen molar-refractivity contribution in [3.8, 4) is 0 Å². The maximum atomic E-state index is 11.7. The summed E-state index contributed by atoms with van der Waals surface area (Å²) in [6.45, 7) is 5.36. The number of ether oxygens (including phenoxy) is 1. The molecule has 2 atom stereocenters. The van der Waals surface area contributed by atoms with Gasteiger partial charge in [-0.05, 0) is 46.0 Å². The number of carbonyl (C=O) groups excluding carboxylic acids is 1. The topological polar surface area (TPSA) is 78.8 Å². The van der Waals surface area contributed by atoms with Crippen molar-refractivity contribution >= 4 is 6.09 Å². The first-order valence-electron chi connectivity index (χ1n) is 6.03. The molecule has 0 heterocycles. The SMILES string of the molecule is CC(C)(C)OC(=O)N[C@@]1(CO)CC[C@@H](CO)C1. The maximum absolute atomic E-state index is 11.7. The quantitative estimate of drug-likeness (QED) is 0.694. The molecule has 100 valence electrons. The summed E-state index contributed by atoms with van der Waals surface area (Å²) in [7, 11) is 0. The van der Waals surface area contributed by atoms with Crippen molar-refractivity contribution in [1.82, 2.24) is 5.32 Å². The van der Waals surface area contributed by atoms with Crippen LogP contribution in [0.15, 0.2) is 0 Å². The van der Waals surface area contributed by atoms with E-state index in [1.165, 1.54) is 0 Å². The molecule has 0 unspecified atom stereocenters. The second-order valence-corrected chi connectivity index (χ2v) is 5.86. The molecule has 17 heavy (non-hydrogen) atoms. The molecule has 1 fully saturated rings. The second kappa shape index (κ2) is 5.23. The van der Waals surface area contributed by atoms with Crippen LogP contribution in [0.4, 0.5) is 4.79 Å². The minimum atomic E-state index is -0.629. The van der Waals surface area contributed by atoms with Gasteiger partial charge in [-0.3, -0.25) is 0 Å². The predicted molar refractivity (Wildman–Crippen MR) is 63.6 cm³/mol. The molecule has 0 saturated heterocycles. The third kappa shape index (κ3) is 4.16. The van der Waals surface area contributed by atoms with E-state index in [0.717, 1.165) is 6.42 Å². The van der Waals surface area contributed by atoms with Crippen LogP contribution in [0.1, 0.15) is 40.0 Å². The van der Waals surface area contributed by atoms with Crippen LogP contribution in [0.2, 0.25) is 0 Å². The maximum Gasteiger partial charge on any atom is 0.408 e. The van der Waals surface area contributed by atoms with E-state index in [9.17, 15) is 9.90 Å². The van der Waals surface area contributed by atoms with E-state index in [2.05, 4.69) is 5.32 Å². The van der Waals surface area contributed by atoms with Crippen LogP contribution in [0.5, 0.6) is 0 Å². The van der Waals surface area contributed by atoms with Crippen LogP contribution < -0.4 is 5.32 Å². The van der Waals surface area contributed by atoms with Gasteiger partial charge in [0, 0.05) is 6.61 Å². The number of amides is 1. The Morgan fingerprint density at radius 1 is 1.47 bits per heavy atom. The summed E-state index contributed by atoms with van der Waals surface area (Å²) >= 11 is 0. The Labute approximate surface area is 102 Å². The van der Waals surface area contributed by atoms with Gasteiger partial charge in [-0.1, -0.05) is 0 Å². The van der Waals surface area contributed by atoms with Gasteiger partial charge in [-0.2, -0.15) is 0 Å². The number of aliphatic hydroxyl groups excluding tert-OH is 2. The van der Waals surface area contributed by atoms with Gasteiger partial charge < -0.3 is 20.3 Å². The van der Waals surface area contributed by atoms with Crippen molar-refractivity contribution < 1.29 is 19.7 Å². The van der Waals surface area contributed by atoms with Crippen LogP contribution >= 0.6 is 0 Å². The Hall–Kier alpha value is -0.810. The highest BCUT2D eigenvalue weighted by molar-refractivity contribution is 5.68. The molecule has 0 aliphatic heterocycles. The van der Waals surface area contributed by atoms with Gasteiger partial charge in [0.25, 0.3) is 0 Å². The number of hydrogen-bond donors (Lipinski definition) is 3. The zero-order chi connectivity index (χ0) is 13.1. The first kappa shape index (κ1) is 14.3. The molecule has 5 nitrogen and oxygen atoms in total. The summed E-state index contributed by atoms with van der Waals surface area (Å²) < 4.78 is 5.17. The van der Waals surface area contributed by atoms with E-state index >= 15 is 0 Å². The van der Waals surface area contributed by atoms with E-state index in [1.807, 2.05) is 0 Å². The van der Waals surface area contributed by atoms with E-state index < -0.39 is 17.2 Å². The molecule has 0 spiro atoms. The van der Waals surface area contributed by atoms with Crippen LogP contribution in [0.25, 0.3) is 0 Å². The molecular formula is C12H23NO4. The first-order valence-corrected chi connectivity index (χ1v) is 6.03.